The van der Waals surface area contributed by atoms with Gasteiger partial charge in [0.1, 0.15) is 12.7 Å². The second-order valence-corrected chi connectivity index (χ2v) is 23.4. The van der Waals surface area contributed by atoms with Crippen LogP contribution in [0.25, 0.3) is 0 Å². The maximum absolute atomic E-state index is 13.0. The van der Waals surface area contributed by atoms with Crippen molar-refractivity contribution >= 4 is 25.7 Å². The number of phosphoric acid groups is 1. The van der Waals surface area contributed by atoms with Gasteiger partial charge in [0.25, 0.3) is 0 Å². The molecule has 0 saturated heterocycles. The first-order chi connectivity index (χ1) is 38.2. The third-order valence-electron chi connectivity index (χ3n) is 14.2. The number of carbonyl (C=O) groups is 3. The molecule has 78 heavy (non-hydrogen) atoms. The lowest BCUT2D eigenvalue weighted by Crippen LogP contribution is -2.30. The molecule has 0 saturated carbocycles. The summed E-state index contributed by atoms with van der Waals surface area (Å²) in [5.41, 5.74) is 0. The highest BCUT2D eigenvalue weighted by Crippen LogP contribution is 2.43. The molecule has 12 heteroatoms. The first kappa shape index (κ1) is 75.4. The summed E-state index contributed by atoms with van der Waals surface area (Å²) in [6.45, 7) is 4.58. The summed E-state index contributed by atoms with van der Waals surface area (Å²) < 4.78 is 39.7. The number of allylic oxidation sites excluding steroid dienone is 8. The van der Waals surface area contributed by atoms with E-state index < -0.39 is 57.8 Å². The van der Waals surface area contributed by atoms with Gasteiger partial charge in [-0.3, -0.25) is 23.4 Å². The number of phosphoric ester groups is 1. The van der Waals surface area contributed by atoms with Gasteiger partial charge in [0.2, 0.25) is 0 Å². The lowest BCUT2D eigenvalue weighted by molar-refractivity contribution is -0.161. The zero-order chi connectivity index (χ0) is 56.9. The Labute approximate surface area is 479 Å². The van der Waals surface area contributed by atoms with Gasteiger partial charge in [0, 0.05) is 19.3 Å². The van der Waals surface area contributed by atoms with Crippen LogP contribution in [0.4, 0.5) is 0 Å². The summed E-state index contributed by atoms with van der Waals surface area (Å²) in [6.07, 6.45) is 66.3. The van der Waals surface area contributed by atoms with Crippen molar-refractivity contribution in [3.63, 3.8) is 0 Å². The fraction of sp³-hybridized carbons (Fsp3) is 0.833. The summed E-state index contributed by atoms with van der Waals surface area (Å²) in [7, 11) is -4.75. The van der Waals surface area contributed by atoms with Crippen LogP contribution >= 0.6 is 7.82 Å². The zero-order valence-corrected chi connectivity index (χ0v) is 51.5. The average Bonchev–Trinajstić information content (AvgIpc) is 3.43. The third-order valence-corrected chi connectivity index (χ3v) is 15.2. The van der Waals surface area contributed by atoms with Crippen molar-refractivity contribution < 1.29 is 52.2 Å². The second-order valence-electron chi connectivity index (χ2n) is 21.9. The lowest BCUT2D eigenvalue weighted by Gasteiger charge is -2.21. The SMILES string of the molecule is CC/C=C\C/C=C\C/C=C\CCCCCCCCCC(=O)OC(COC(=O)CCCCCCCCC/C=C\CCCCCCCC)COP(=O)(O)OCC(CO)OC(=O)CCCCCCCCCCCCCCCCCCC. The van der Waals surface area contributed by atoms with Crippen LogP contribution in [-0.2, 0) is 42.2 Å². The maximum Gasteiger partial charge on any atom is 0.472 e. The molecule has 0 fully saturated rings. The topological polar surface area (TPSA) is 155 Å². The van der Waals surface area contributed by atoms with Crippen LogP contribution < -0.4 is 0 Å². The van der Waals surface area contributed by atoms with Gasteiger partial charge < -0.3 is 24.2 Å². The number of hydrogen-bond donors (Lipinski definition) is 2. The van der Waals surface area contributed by atoms with E-state index in [0.29, 0.717) is 19.3 Å². The van der Waals surface area contributed by atoms with Crippen LogP contribution in [0.15, 0.2) is 48.6 Å². The predicted octanol–water partition coefficient (Wildman–Crippen LogP) is 19.7. The molecule has 0 bridgehead atoms. The van der Waals surface area contributed by atoms with Crippen LogP contribution in [-0.4, -0.2) is 66.5 Å². The summed E-state index contributed by atoms with van der Waals surface area (Å²) in [5, 5.41) is 9.86. The van der Waals surface area contributed by atoms with E-state index in [1.54, 1.807) is 0 Å². The number of esters is 3. The maximum atomic E-state index is 13.0. The summed E-state index contributed by atoms with van der Waals surface area (Å²) >= 11 is 0. The highest BCUT2D eigenvalue weighted by Gasteiger charge is 2.28. The molecule has 0 aliphatic rings. The molecule has 3 atom stereocenters. The molecule has 0 amide bonds. The van der Waals surface area contributed by atoms with Gasteiger partial charge in [-0.15, -0.1) is 0 Å². The average molecular weight is 1120 g/mol. The summed E-state index contributed by atoms with van der Waals surface area (Å²) in [4.78, 5) is 48.8. The summed E-state index contributed by atoms with van der Waals surface area (Å²) in [5.74, 6) is -1.46. The van der Waals surface area contributed by atoms with Crippen LogP contribution in [0.5, 0.6) is 0 Å². The molecule has 11 nitrogen and oxygen atoms in total. The monoisotopic (exact) mass is 1120 g/mol. The number of unbranched alkanes of at least 4 members (excludes halogenated alkanes) is 36. The Morgan fingerprint density at radius 1 is 0.372 bits per heavy atom. The number of aliphatic hydroxyl groups is 1. The Bertz CT molecular complexity index is 1490. The minimum atomic E-state index is -4.75. The molecular weight excluding hydrogens is 1000 g/mol. The highest BCUT2D eigenvalue weighted by atomic mass is 31.2. The van der Waals surface area contributed by atoms with Crippen LogP contribution in [0, 0.1) is 0 Å². The van der Waals surface area contributed by atoms with Crippen molar-refractivity contribution in [2.24, 2.45) is 0 Å². The standard InChI is InChI=1S/C66H121O11P/c1-4-7-10-13-16-19-22-25-28-31-34-37-40-43-46-49-52-55-64(68)73-59-63(77-66(70)57-54-51-48-45-42-39-36-33-30-27-24-21-18-15-12-9-6-3)61-75-78(71,72)74-60-62(58-67)76-65(69)56-53-50-47-44-41-38-35-32-29-26-23-20-17-14-11-8-5-2/h9,12,18,21,25,27-28,30,62-63,67H,4-8,10-11,13-17,19-20,22-24,26,29,31-61H2,1-3H3,(H,71,72)/b12-9-,21-18-,28-25-,30-27-. The zero-order valence-electron chi connectivity index (χ0n) is 50.6. The van der Waals surface area contributed by atoms with Gasteiger partial charge in [0.15, 0.2) is 6.10 Å². The first-order valence-corrected chi connectivity index (χ1v) is 34.0. The van der Waals surface area contributed by atoms with E-state index in [2.05, 4.69) is 69.4 Å². The molecular formula is C66H121O11P. The molecule has 0 aromatic rings. The number of hydrogen-bond acceptors (Lipinski definition) is 10. The van der Waals surface area contributed by atoms with Crippen LogP contribution in [0.2, 0.25) is 0 Å². The van der Waals surface area contributed by atoms with E-state index >= 15 is 0 Å². The largest absolute Gasteiger partial charge is 0.472 e. The van der Waals surface area contributed by atoms with Crippen molar-refractivity contribution in [2.45, 2.75) is 328 Å². The van der Waals surface area contributed by atoms with Gasteiger partial charge in [0.05, 0.1) is 19.8 Å². The van der Waals surface area contributed by atoms with E-state index in [1.807, 2.05) is 0 Å². The Hall–Kier alpha value is -2.56. The van der Waals surface area contributed by atoms with Crippen molar-refractivity contribution in [1.82, 2.24) is 0 Å². The number of ether oxygens (including phenoxy) is 3. The number of aliphatic hydroxyl groups excluding tert-OH is 1. The van der Waals surface area contributed by atoms with E-state index in [0.717, 1.165) is 96.3 Å². The molecule has 0 aromatic carbocycles. The Kier molecular flexibility index (Phi) is 58.5. The lowest BCUT2D eigenvalue weighted by atomic mass is 10.0. The molecule has 0 rings (SSSR count). The molecule has 2 N–H and O–H groups in total. The third kappa shape index (κ3) is 58.1. The first-order valence-electron chi connectivity index (χ1n) is 32.5. The predicted molar refractivity (Wildman–Crippen MR) is 325 cm³/mol. The Morgan fingerprint density at radius 3 is 1.04 bits per heavy atom. The molecule has 0 radical (unpaired) electrons. The van der Waals surface area contributed by atoms with Crippen molar-refractivity contribution in [3.05, 3.63) is 48.6 Å². The quantitative estimate of drug-likeness (QED) is 0.0197. The summed E-state index contributed by atoms with van der Waals surface area (Å²) in [6, 6.07) is 0. The van der Waals surface area contributed by atoms with Crippen LogP contribution in [0.3, 0.4) is 0 Å². The van der Waals surface area contributed by atoms with Gasteiger partial charge in [-0.2, -0.15) is 0 Å². The molecule has 0 aliphatic carbocycles. The highest BCUT2D eigenvalue weighted by molar-refractivity contribution is 7.47. The van der Waals surface area contributed by atoms with Gasteiger partial charge >= 0.3 is 25.7 Å². The van der Waals surface area contributed by atoms with Crippen molar-refractivity contribution in [1.29, 1.82) is 0 Å². The van der Waals surface area contributed by atoms with E-state index in [4.69, 9.17) is 23.3 Å². The minimum absolute atomic E-state index is 0.158. The molecule has 0 spiro atoms. The molecule has 0 aliphatic heterocycles. The van der Waals surface area contributed by atoms with Gasteiger partial charge in [-0.05, 0) is 77.0 Å². The molecule has 456 valence electrons. The molecule has 3 unspecified atom stereocenters. The van der Waals surface area contributed by atoms with Gasteiger partial charge in [-0.1, -0.05) is 268 Å². The van der Waals surface area contributed by atoms with Crippen LogP contribution in [0.1, 0.15) is 316 Å². The van der Waals surface area contributed by atoms with E-state index in [1.165, 1.54) is 161 Å². The number of rotatable bonds is 61. The Morgan fingerprint density at radius 2 is 0.667 bits per heavy atom. The van der Waals surface area contributed by atoms with Crippen molar-refractivity contribution in [3.8, 4) is 0 Å². The fourth-order valence-electron chi connectivity index (χ4n) is 9.31. The van der Waals surface area contributed by atoms with Gasteiger partial charge in [-0.25, -0.2) is 4.57 Å². The second kappa shape index (κ2) is 60.5. The van der Waals surface area contributed by atoms with E-state index in [9.17, 15) is 28.9 Å². The Balaban J connectivity index is 4.67. The fourth-order valence-corrected chi connectivity index (χ4v) is 10.1. The van der Waals surface area contributed by atoms with E-state index in [-0.39, 0.29) is 25.9 Å². The minimum Gasteiger partial charge on any atom is -0.462 e. The molecule has 0 aromatic heterocycles. The normalized spacial score (nSPS) is 13.6. The van der Waals surface area contributed by atoms with Crippen molar-refractivity contribution in [2.75, 3.05) is 26.4 Å². The smallest absolute Gasteiger partial charge is 0.462 e. The number of carbonyl (C=O) groups excluding carboxylic acids is 3. The molecule has 0 heterocycles.